The van der Waals surface area contributed by atoms with Crippen molar-refractivity contribution in [2.75, 3.05) is 44.7 Å². The molecule has 1 saturated heterocycles. The first-order chi connectivity index (χ1) is 15.9. The van der Waals surface area contributed by atoms with Crippen LogP contribution in [0, 0.1) is 0 Å². The molecule has 0 amide bonds. The van der Waals surface area contributed by atoms with Crippen LogP contribution in [0.1, 0.15) is 23.7 Å². The predicted octanol–water partition coefficient (Wildman–Crippen LogP) is 6.11. The number of piperazine rings is 1. The fourth-order valence-corrected chi connectivity index (χ4v) is 4.77. The second-order valence-corrected chi connectivity index (χ2v) is 8.76. The van der Waals surface area contributed by atoms with Gasteiger partial charge in [-0.3, -0.25) is 4.90 Å². The van der Waals surface area contributed by atoms with Crippen molar-refractivity contribution in [1.82, 2.24) is 4.90 Å². The predicted molar refractivity (Wildman–Crippen MR) is 125 cm³/mol. The van der Waals surface area contributed by atoms with Gasteiger partial charge in [-0.2, -0.15) is 24.5 Å². The summed E-state index contributed by atoms with van der Waals surface area (Å²) in [6.45, 7) is 4.38. The van der Waals surface area contributed by atoms with Crippen molar-refractivity contribution < 1.29 is 22.6 Å². The van der Waals surface area contributed by atoms with Crippen LogP contribution in [0.5, 0.6) is 11.5 Å². The zero-order valence-electron chi connectivity index (χ0n) is 18.4. The van der Waals surface area contributed by atoms with Crippen molar-refractivity contribution in [2.45, 2.75) is 18.7 Å². The van der Waals surface area contributed by atoms with Crippen LogP contribution in [0.2, 0.25) is 0 Å². The Morgan fingerprint density at radius 2 is 1.79 bits per heavy atom. The Hall–Kier alpha value is -2.71. The molecule has 4 rings (SSSR count). The summed E-state index contributed by atoms with van der Waals surface area (Å²) in [4.78, 5) is 4.70. The van der Waals surface area contributed by atoms with Crippen LogP contribution in [0.4, 0.5) is 18.9 Å². The van der Waals surface area contributed by atoms with Crippen LogP contribution in [0.3, 0.4) is 0 Å². The summed E-state index contributed by atoms with van der Waals surface area (Å²) >= 11 is 1.56. The standard InChI is InChI=1S/C25H27F3N2O2S/c1-31-24-8-3-2-7-22(24)30-14-12-29(13-15-30)11-9-23(19-10-16-33-18-19)32-21-6-4-5-20(17-21)25(26,27)28/h2-8,10,16-18,23H,9,11-15H2,1H3. The number of rotatable bonds is 8. The number of hydrogen-bond donors (Lipinski definition) is 0. The summed E-state index contributed by atoms with van der Waals surface area (Å²) in [6.07, 6.45) is -3.99. The number of ether oxygens (including phenoxy) is 2. The lowest BCUT2D eigenvalue weighted by molar-refractivity contribution is -0.137. The van der Waals surface area contributed by atoms with E-state index < -0.39 is 11.7 Å². The minimum absolute atomic E-state index is 0.238. The molecule has 1 atom stereocenters. The lowest BCUT2D eigenvalue weighted by Crippen LogP contribution is -2.47. The number of benzene rings is 2. The van der Waals surface area contributed by atoms with E-state index in [4.69, 9.17) is 9.47 Å². The first kappa shape index (κ1) is 23.4. The smallest absolute Gasteiger partial charge is 0.416 e. The van der Waals surface area contributed by atoms with E-state index in [2.05, 4.69) is 15.9 Å². The Morgan fingerprint density at radius 3 is 2.48 bits per heavy atom. The van der Waals surface area contributed by atoms with Crippen molar-refractivity contribution in [3.63, 3.8) is 0 Å². The lowest BCUT2D eigenvalue weighted by atomic mass is 10.1. The van der Waals surface area contributed by atoms with Crippen molar-refractivity contribution in [3.05, 3.63) is 76.5 Å². The van der Waals surface area contributed by atoms with Gasteiger partial charge in [-0.25, -0.2) is 0 Å². The summed E-state index contributed by atoms with van der Waals surface area (Å²) in [5.41, 5.74) is 1.39. The molecule has 4 nitrogen and oxygen atoms in total. The third kappa shape index (κ3) is 6.00. The molecule has 0 radical (unpaired) electrons. The highest BCUT2D eigenvalue weighted by Gasteiger charge is 2.31. The van der Waals surface area contributed by atoms with Crippen LogP contribution in [0.25, 0.3) is 0 Å². The highest BCUT2D eigenvalue weighted by molar-refractivity contribution is 7.07. The quantitative estimate of drug-likeness (QED) is 0.392. The molecule has 2 aromatic carbocycles. The monoisotopic (exact) mass is 476 g/mol. The Bertz CT molecular complexity index is 1020. The maximum absolute atomic E-state index is 13.1. The van der Waals surface area contributed by atoms with E-state index in [0.29, 0.717) is 6.42 Å². The van der Waals surface area contributed by atoms with Crippen molar-refractivity contribution in [1.29, 1.82) is 0 Å². The molecular formula is C25H27F3N2O2S. The van der Waals surface area contributed by atoms with Crippen LogP contribution >= 0.6 is 11.3 Å². The zero-order valence-corrected chi connectivity index (χ0v) is 19.2. The second kappa shape index (κ2) is 10.5. The molecule has 0 saturated carbocycles. The third-order valence-corrected chi connectivity index (χ3v) is 6.56. The molecular weight excluding hydrogens is 449 g/mol. The van der Waals surface area contributed by atoms with Gasteiger partial charge in [-0.1, -0.05) is 18.2 Å². The molecule has 1 aliphatic heterocycles. The molecule has 1 unspecified atom stereocenters. The number of methoxy groups -OCH3 is 1. The summed E-state index contributed by atoms with van der Waals surface area (Å²) in [7, 11) is 1.68. The van der Waals surface area contributed by atoms with E-state index >= 15 is 0 Å². The largest absolute Gasteiger partial charge is 0.495 e. The maximum Gasteiger partial charge on any atom is 0.416 e. The first-order valence-electron chi connectivity index (χ1n) is 10.9. The van der Waals surface area contributed by atoms with E-state index in [-0.39, 0.29) is 11.9 Å². The zero-order chi connectivity index (χ0) is 23.3. The first-order valence-corrected chi connectivity index (χ1v) is 11.8. The van der Waals surface area contributed by atoms with E-state index in [1.807, 2.05) is 35.0 Å². The average molecular weight is 477 g/mol. The fraction of sp³-hybridized carbons (Fsp3) is 0.360. The van der Waals surface area contributed by atoms with Crippen LogP contribution in [-0.2, 0) is 6.18 Å². The Kier molecular flexibility index (Phi) is 7.45. The fourth-order valence-electron chi connectivity index (χ4n) is 4.07. The SMILES string of the molecule is COc1ccccc1N1CCN(CCC(Oc2cccc(C(F)(F)F)c2)c2ccsc2)CC1. The minimum atomic E-state index is -4.39. The van der Waals surface area contributed by atoms with Gasteiger partial charge in [0.15, 0.2) is 0 Å². The lowest BCUT2D eigenvalue weighted by Gasteiger charge is -2.37. The third-order valence-electron chi connectivity index (χ3n) is 5.86. The van der Waals surface area contributed by atoms with Gasteiger partial charge >= 0.3 is 6.18 Å². The number of halogens is 3. The van der Waals surface area contributed by atoms with Crippen LogP contribution in [-0.4, -0.2) is 44.7 Å². The number of nitrogens with zero attached hydrogens (tertiary/aromatic N) is 2. The Morgan fingerprint density at radius 1 is 1.00 bits per heavy atom. The summed E-state index contributed by atoms with van der Waals surface area (Å²) in [5, 5.41) is 3.96. The highest BCUT2D eigenvalue weighted by Crippen LogP contribution is 2.34. The Balaban J connectivity index is 1.37. The molecule has 0 aliphatic carbocycles. The molecule has 8 heteroatoms. The van der Waals surface area contributed by atoms with Gasteiger partial charge in [0.25, 0.3) is 0 Å². The number of alkyl halides is 3. The summed E-state index contributed by atoms with van der Waals surface area (Å²) < 4.78 is 50.8. The molecule has 0 bridgehead atoms. The van der Waals surface area contributed by atoms with E-state index in [1.54, 1.807) is 24.5 Å². The Labute approximate surface area is 196 Å². The van der Waals surface area contributed by atoms with Crippen molar-refractivity contribution in [3.8, 4) is 11.5 Å². The molecule has 33 heavy (non-hydrogen) atoms. The molecule has 2 heterocycles. The van der Waals surface area contributed by atoms with Gasteiger partial charge < -0.3 is 14.4 Å². The highest BCUT2D eigenvalue weighted by atomic mass is 32.1. The van der Waals surface area contributed by atoms with Gasteiger partial charge in [0.05, 0.1) is 18.4 Å². The molecule has 176 valence electrons. The van der Waals surface area contributed by atoms with Gasteiger partial charge in [-0.15, -0.1) is 0 Å². The number of anilines is 1. The van der Waals surface area contributed by atoms with Gasteiger partial charge in [0.1, 0.15) is 17.6 Å². The molecule has 1 aliphatic rings. The molecule has 0 N–H and O–H groups in total. The second-order valence-electron chi connectivity index (χ2n) is 7.98. The van der Waals surface area contributed by atoms with Crippen molar-refractivity contribution >= 4 is 17.0 Å². The minimum Gasteiger partial charge on any atom is -0.495 e. The summed E-state index contributed by atoms with van der Waals surface area (Å²) in [6, 6.07) is 15.1. The number of para-hydroxylation sites is 2. The van der Waals surface area contributed by atoms with Gasteiger partial charge in [0, 0.05) is 44.7 Å². The molecule has 1 aromatic heterocycles. The number of hydrogen-bond acceptors (Lipinski definition) is 5. The van der Waals surface area contributed by atoms with Crippen LogP contribution < -0.4 is 14.4 Å². The average Bonchev–Trinajstić information content (AvgIpc) is 3.37. The molecule has 3 aromatic rings. The van der Waals surface area contributed by atoms with Gasteiger partial charge in [0.2, 0.25) is 0 Å². The molecule has 1 fully saturated rings. The number of thiophene rings is 1. The summed E-state index contributed by atoms with van der Waals surface area (Å²) in [5.74, 6) is 1.11. The molecule has 0 spiro atoms. The van der Waals surface area contributed by atoms with Gasteiger partial charge in [-0.05, 0) is 47.2 Å². The topological polar surface area (TPSA) is 24.9 Å². The normalized spacial score (nSPS) is 15.9. The van der Waals surface area contributed by atoms with Crippen molar-refractivity contribution in [2.24, 2.45) is 0 Å². The van der Waals surface area contributed by atoms with Crippen LogP contribution in [0.15, 0.2) is 65.4 Å². The maximum atomic E-state index is 13.1. The van der Waals surface area contributed by atoms with E-state index in [1.165, 1.54) is 6.07 Å². The van der Waals surface area contributed by atoms with E-state index in [9.17, 15) is 13.2 Å². The van der Waals surface area contributed by atoms with E-state index in [0.717, 1.165) is 61.9 Å².